The molecule has 1 rings (SSSR count). The smallest absolute Gasteiger partial charge is 0.237 e. The number of hydrogen-bond acceptors (Lipinski definition) is 3. The van der Waals surface area contributed by atoms with Crippen molar-refractivity contribution < 1.29 is 9.59 Å². The van der Waals surface area contributed by atoms with Crippen molar-refractivity contribution in [1.29, 1.82) is 0 Å². The summed E-state index contributed by atoms with van der Waals surface area (Å²) in [5.74, 6) is -0.0443. The third-order valence-corrected chi connectivity index (χ3v) is 3.13. The van der Waals surface area contributed by atoms with E-state index >= 15 is 0 Å². The first kappa shape index (κ1) is 14.0. The Morgan fingerprint density at radius 2 is 2.24 bits per heavy atom. The molecule has 5 nitrogen and oxygen atoms in total. The zero-order valence-electron chi connectivity index (χ0n) is 10.9. The molecule has 0 aliphatic carbocycles. The van der Waals surface area contributed by atoms with Gasteiger partial charge in [-0.3, -0.25) is 14.9 Å². The molecule has 3 N–H and O–H groups in total. The predicted molar refractivity (Wildman–Crippen MR) is 66.5 cm³/mol. The van der Waals surface area contributed by atoms with Gasteiger partial charge in [0.1, 0.15) is 0 Å². The van der Waals surface area contributed by atoms with Crippen LogP contribution in [0.1, 0.15) is 40.0 Å². The Bertz CT molecular complexity index is 281. The monoisotopic (exact) mass is 241 g/mol. The van der Waals surface area contributed by atoms with Crippen LogP contribution in [-0.2, 0) is 9.59 Å². The summed E-state index contributed by atoms with van der Waals surface area (Å²) in [5.41, 5.74) is 0. The summed E-state index contributed by atoms with van der Waals surface area (Å²) in [7, 11) is 0. The Balaban J connectivity index is 2.39. The van der Waals surface area contributed by atoms with E-state index in [4.69, 9.17) is 0 Å². The number of amides is 2. The first-order valence-electron chi connectivity index (χ1n) is 6.38. The van der Waals surface area contributed by atoms with Gasteiger partial charge in [0.05, 0.1) is 12.1 Å². The van der Waals surface area contributed by atoms with Crippen molar-refractivity contribution in [3.05, 3.63) is 0 Å². The maximum absolute atomic E-state index is 11.8. The summed E-state index contributed by atoms with van der Waals surface area (Å²) in [6.45, 7) is 6.53. The SMILES string of the molecule is CCC(C)NC(=O)C(C)NC1CCCNC1=O. The highest BCUT2D eigenvalue weighted by atomic mass is 16.2. The lowest BCUT2D eigenvalue weighted by molar-refractivity contribution is -0.126. The molecule has 1 aliphatic heterocycles. The molecule has 3 unspecified atom stereocenters. The topological polar surface area (TPSA) is 70.2 Å². The van der Waals surface area contributed by atoms with Crippen molar-refractivity contribution in [2.24, 2.45) is 0 Å². The highest BCUT2D eigenvalue weighted by Gasteiger charge is 2.25. The van der Waals surface area contributed by atoms with E-state index < -0.39 is 0 Å². The molecule has 0 saturated carbocycles. The van der Waals surface area contributed by atoms with Gasteiger partial charge < -0.3 is 10.6 Å². The van der Waals surface area contributed by atoms with E-state index in [1.165, 1.54) is 0 Å². The molecule has 0 aromatic heterocycles. The lowest BCUT2D eigenvalue weighted by Crippen LogP contribution is -2.55. The highest BCUT2D eigenvalue weighted by molar-refractivity contribution is 5.85. The average Bonchev–Trinajstić information content (AvgIpc) is 2.31. The Labute approximate surface area is 103 Å². The van der Waals surface area contributed by atoms with Gasteiger partial charge in [-0.15, -0.1) is 0 Å². The van der Waals surface area contributed by atoms with Crippen LogP contribution in [0.25, 0.3) is 0 Å². The van der Waals surface area contributed by atoms with Gasteiger partial charge in [0.25, 0.3) is 0 Å². The van der Waals surface area contributed by atoms with Gasteiger partial charge in [0, 0.05) is 12.6 Å². The zero-order valence-corrected chi connectivity index (χ0v) is 10.9. The number of piperidine rings is 1. The lowest BCUT2D eigenvalue weighted by Gasteiger charge is -2.26. The van der Waals surface area contributed by atoms with E-state index in [1.807, 2.05) is 13.8 Å². The van der Waals surface area contributed by atoms with E-state index in [-0.39, 0.29) is 29.9 Å². The summed E-state index contributed by atoms with van der Waals surface area (Å²) in [4.78, 5) is 23.3. The fourth-order valence-electron chi connectivity index (χ4n) is 1.78. The summed E-state index contributed by atoms with van der Waals surface area (Å²) in [5, 5.41) is 8.77. The Morgan fingerprint density at radius 1 is 1.53 bits per heavy atom. The van der Waals surface area contributed by atoms with Crippen molar-refractivity contribution in [2.45, 2.75) is 58.2 Å². The molecule has 2 amide bonds. The maximum atomic E-state index is 11.8. The first-order valence-corrected chi connectivity index (χ1v) is 6.38. The second-order valence-corrected chi connectivity index (χ2v) is 4.69. The molecule has 1 saturated heterocycles. The molecule has 17 heavy (non-hydrogen) atoms. The van der Waals surface area contributed by atoms with Gasteiger partial charge in [-0.25, -0.2) is 0 Å². The van der Waals surface area contributed by atoms with Crippen LogP contribution >= 0.6 is 0 Å². The molecular formula is C12H23N3O2. The molecule has 5 heteroatoms. The minimum Gasteiger partial charge on any atom is -0.355 e. The minimum absolute atomic E-state index is 0.000519. The van der Waals surface area contributed by atoms with Gasteiger partial charge in [-0.1, -0.05) is 6.92 Å². The second kappa shape index (κ2) is 6.59. The van der Waals surface area contributed by atoms with E-state index in [9.17, 15) is 9.59 Å². The largest absolute Gasteiger partial charge is 0.355 e. The lowest BCUT2D eigenvalue weighted by atomic mass is 10.1. The number of hydrogen-bond donors (Lipinski definition) is 3. The van der Waals surface area contributed by atoms with Crippen molar-refractivity contribution >= 4 is 11.8 Å². The predicted octanol–water partition coefficient (Wildman–Crippen LogP) is 0.158. The normalized spacial score (nSPS) is 23.7. The molecule has 0 spiro atoms. The quantitative estimate of drug-likeness (QED) is 0.642. The van der Waals surface area contributed by atoms with Crippen LogP contribution in [-0.4, -0.2) is 36.5 Å². The van der Waals surface area contributed by atoms with Crippen molar-refractivity contribution in [2.75, 3.05) is 6.54 Å². The summed E-state index contributed by atoms with van der Waals surface area (Å²) < 4.78 is 0. The summed E-state index contributed by atoms with van der Waals surface area (Å²) in [6, 6.07) is -0.397. The van der Waals surface area contributed by atoms with Crippen LogP contribution in [0.15, 0.2) is 0 Å². The molecule has 1 heterocycles. The van der Waals surface area contributed by atoms with Gasteiger partial charge in [-0.2, -0.15) is 0 Å². The van der Waals surface area contributed by atoms with Gasteiger partial charge in [-0.05, 0) is 33.1 Å². The maximum Gasteiger partial charge on any atom is 0.237 e. The van der Waals surface area contributed by atoms with Crippen LogP contribution < -0.4 is 16.0 Å². The van der Waals surface area contributed by atoms with E-state index in [0.29, 0.717) is 0 Å². The molecule has 1 fully saturated rings. The van der Waals surface area contributed by atoms with Gasteiger partial charge in [0.2, 0.25) is 11.8 Å². The molecule has 1 aliphatic rings. The van der Waals surface area contributed by atoms with Crippen LogP contribution in [0.3, 0.4) is 0 Å². The van der Waals surface area contributed by atoms with Crippen molar-refractivity contribution in [1.82, 2.24) is 16.0 Å². The van der Waals surface area contributed by atoms with Crippen LogP contribution in [0.5, 0.6) is 0 Å². The standard InChI is InChI=1S/C12H23N3O2/c1-4-8(2)14-11(16)9(3)15-10-6-5-7-13-12(10)17/h8-10,15H,4-7H2,1-3H3,(H,13,17)(H,14,16). The third kappa shape index (κ3) is 4.34. The number of carbonyl (C=O) groups excluding carboxylic acids is 2. The average molecular weight is 241 g/mol. The number of nitrogens with one attached hydrogen (secondary N) is 3. The fourth-order valence-corrected chi connectivity index (χ4v) is 1.78. The Morgan fingerprint density at radius 3 is 2.82 bits per heavy atom. The molecular weight excluding hydrogens is 218 g/mol. The Kier molecular flexibility index (Phi) is 5.41. The van der Waals surface area contributed by atoms with Crippen molar-refractivity contribution in [3.63, 3.8) is 0 Å². The molecule has 3 atom stereocenters. The molecule has 0 radical (unpaired) electrons. The second-order valence-electron chi connectivity index (χ2n) is 4.69. The first-order chi connectivity index (χ1) is 8.04. The van der Waals surface area contributed by atoms with Gasteiger partial charge in [0.15, 0.2) is 0 Å². The minimum atomic E-state index is -0.335. The summed E-state index contributed by atoms with van der Waals surface area (Å²) >= 11 is 0. The molecule has 0 bridgehead atoms. The van der Waals surface area contributed by atoms with E-state index in [1.54, 1.807) is 6.92 Å². The fraction of sp³-hybridized carbons (Fsp3) is 0.833. The van der Waals surface area contributed by atoms with Crippen LogP contribution in [0.2, 0.25) is 0 Å². The third-order valence-electron chi connectivity index (χ3n) is 3.13. The van der Waals surface area contributed by atoms with Gasteiger partial charge >= 0.3 is 0 Å². The zero-order chi connectivity index (χ0) is 12.8. The summed E-state index contributed by atoms with van der Waals surface area (Å²) in [6.07, 6.45) is 2.66. The van der Waals surface area contributed by atoms with E-state index in [2.05, 4.69) is 16.0 Å². The van der Waals surface area contributed by atoms with Crippen LogP contribution in [0.4, 0.5) is 0 Å². The number of rotatable bonds is 5. The van der Waals surface area contributed by atoms with Crippen LogP contribution in [0, 0.1) is 0 Å². The highest BCUT2D eigenvalue weighted by Crippen LogP contribution is 2.04. The Hall–Kier alpha value is -1.10. The molecule has 0 aromatic rings. The molecule has 98 valence electrons. The number of carbonyl (C=O) groups is 2. The molecule has 0 aromatic carbocycles. The van der Waals surface area contributed by atoms with E-state index in [0.717, 1.165) is 25.8 Å². The van der Waals surface area contributed by atoms with Crippen molar-refractivity contribution in [3.8, 4) is 0 Å².